The maximum absolute atomic E-state index is 12.5. The van der Waals surface area contributed by atoms with Gasteiger partial charge in [0.15, 0.2) is 0 Å². The van der Waals surface area contributed by atoms with E-state index in [1.807, 2.05) is 32.1 Å². The normalized spacial score (nSPS) is 27.3. The smallest absolute Gasteiger partial charge is 0.682 e. The van der Waals surface area contributed by atoms with Crippen molar-refractivity contribution in [2.75, 3.05) is 0 Å². The summed E-state index contributed by atoms with van der Waals surface area (Å²) in [7, 11) is 0. The van der Waals surface area contributed by atoms with E-state index < -0.39 is 30.2 Å². The Kier molecular flexibility index (Phi) is 12.0. The van der Waals surface area contributed by atoms with Crippen LogP contribution in [0.2, 0.25) is 0 Å². The Morgan fingerprint density at radius 2 is 1.70 bits per heavy atom. The summed E-state index contributed by atoms with van der Waals surface area (Å²) in [6.07, 6.45) is 7.30. The molecule has 3 aliphatic heterocycles. The zero-order valence-corrected chi connectivity index (χ0v) is 29.7. The van der Waals surface area contributed by atoms with Crippen LogP contribution < -0.4 is 65.5 Å². The van der Waals surface area contributed by atoms with Crippen molar-refractivity contribution in [3.8, 4) is 0 Å². The first-order valence-corrected chi connectivity index (χ1v) is 14.9. The average molecular weight is 681 g/mol. The molecule has 10 nitrogen and oxygen atoms in total. The molecule has 0 aromatic carbocycles. The summed E-state index contributed by atoms with van der Waals surface area (Å²) in [6, 6.07) is -0.316. The number of allylic oxidation sites excluding steroid dienone is 2. The Balaban J connectivity index is 0.00000288. The van der Waals surface area contributed by atoms with Gasteiger partial charge in [-0.2, -0.15) is 5.70 Å². The van der Waals surface area contributed by atoms with Crippen LogP contribution in [-0.4, -0.2) is 29.7 Å². The molecule has 1 radical (unpaired) electrons. The SMILES string of the molecule is C=Cc1c2[n-]c(c1C)/C=C1N=C(/C(CC(=O)[O-])=c3\[n-]/c(c(C)c3C(=O)[O-])=C\C3[N-]/C(=C\2)C(C)C3CC)[C@@H](CCC(=O)[O-])[C@@H]\1C.[Cu+2].[Na+]. The van der Waals surface area contributed by atoms with Gasteiger partial charge in [-0.05, 0) is 55.2 Å². The van der Waals surface area contributed by atoms with Crippen molar-refractivity contribution < 1.29 is 76.3 Å². The van der Waals surface area contributed by atoms with E-state index >= 15 is 0 Å². The standard InChI is InChI=1S/C34H38N4O6.Cu.Na/c1-7-19-15(3)23-12-25-17(5)21(9-10-29(39)40)32(37-25)22(11-30(41)42)33-31(34(43)44)18(6)26(38-33)14-28-20(8-2)16(4)24(36-28)13-27(19)35-23;;/h7,12-14,16-17,20-21,28H,1,8-11H2,2-6H3,(H4,37,38,39,40,41,42,43,44);;/q-2;+2;+1/p-4/b24-13-,25-12-,26-14-;;/t16?,17-,20?,21-,28?;;/m0../s1. The van der Waals surface area contributed by atoms with E-state index in [2.05, 4.69) is 20.4 Å². The van der Waals surface area contributed by atoms with Crippen LogP contribution in [-0.2, 0) is 26.7 Å². The summed E-state index contributed by atoms with van der Waals surface area (Å²) in [4.78, 5) is 50.6. The molecule has 46 heavy (non-hydrogen) atoms. The molecule has 2 aromatic rings. The number of carboxylic acids is 3. The monoisotopic (exact) mass is 680 g/mol. The number of nitrogens with zero attached hydrogens (tertiary/aromatic N) is 4. The molecule has 0 saturated carbocycles. The topological polar surface area (TPSA) is 175 Å². The molecule has 5 heterocycles. The zero-order chi connectivity index (χ0) is 32.0. The summed E-state index contributed by atoms with van der Waals surface area (Å²) in [5.74, 6) is -4.95. The van der Waals surface area contributed by atoms with Crippen molar-refractivity contribution in [2.24, 2.45) is 28.7 Å². The molecular formula is C34H34CuN4NaO6-3. The summed E-state index contributed by atoms with van der Waals surface area (Å²) < 4.78 is 0. The Morgan fingerprint density at radius 1 is 1.00 bits per heavy atom. The average Bonchev–Trinajstić information content (AvgIpc) is 3.63. The minimum absolute atomic E-state index is 0. The van der Waals surface area contributed by atoms with Crippen LogP contribution in [0.4, 0.5) is 0 Å². The largest absolute Gasteiger partial charge is 2.00 e. The van der Waals surface area contributed by atoms with Gasteiger partial charge in [0, 0.05) is 41.6 Å². The molecule has 3 aliphatic rings. The first-order chi connectivity index (χ1) is 20.9. The van der Waals surface area contributed by atoms with Gasteiger partial charge in [0.1, 0.15) is 0 Å². The van der Waals surface area contributed by atoms with Crippen LogP contribution in [0, 0.1) is 37.5 Å². The second-order valence-corrected chi connectivity index (χ2v) is 11.9. The van der Waals surface area contributed by atoms with Gasteiger partial charge in [-0.25, -0.2) is 0 Å². The van der Waals surface area contributed by atoms with Gasteiger partial charge in [0.05, 0.1) is 5.97 Å². The second kappa shape index (κ2) is 14.8. The molecule has 2 aromatic heterocycles. The summed E-state index contributed by atoms with van der Waals surface area (Å²) >= 11 is 0. The second-order valence-electron chi connectivity index (χ2n) is 11.9. The first kappa shape index (κ1) is 37.4. The van der Waals surface area contributed by atoms with Crippen molar-refractivity contribution in [2.45, 2.75) is 66.3 Å². The number of aromatic nitrogens is 2. The number of fused-ring (bicyclic) bond motifs is 7. The third-order valence-electron chi connectivity index (χ3n) is 9.40. The van der Waals surface area contributed by atoms with Gasteiger partial charge in [0.25, 0.3) is 0 Å². The van der Waals surface area contributed by atoms with E-state index in [1.165, 1.54) is 0 Å². The van der Waals surface area contributed by atoms with Gasteiger partial charge in [0.2, 0.25) is 0 Å². The quantitative estimate of drug-likeness (QED) is 0.272. The minimum Gasteiger partial charge on any atom is -0.682 e. The van der Waals surface area contributed by atoms with Crippen LogP contribution in [0.25, 0.3) is 35.2 Å². The Hall–Kier alpha value is -3.08. The van der Waals surface area contributed by atoms with Crippen molar-refractivity contribution in [3.63, 3.8) is 0 Å². The fourth-order valence-corrected chi connectivity index (χ4v) is 6.90. The molecule has 8 bridgehead atoms. The summed E-state index contributed by atoms with van der Waals surface area (Å²) in [6.45, 7) is 13.6. The van der Waals surface area contributed by atoms with Gasteiger partial charge in [-0.15, -0.1) is 28.2 Å². The Bertz CT molecular complexity index is 1800. The maximum Gasteiger partial charge on any atom is 2.00 e. The van der Waals surface area contributed by atoms with E-state index in [1.54, 1.807) is 13.0 Å². The Labute approximate surface area is 300 Å². The molecular weight excluding hydrogens is 647 g/mol. The third-order valence-corrected chi connectivity index (χ3v) is 9.40. The van der Waals surface area contributed by atoms with Crippen LogP contribution in [0.3, 0.4) is 0 Å². The third kappa shape index (κ3) is 6.80. The van der Waals surface area contributed by atoms with Crippen LogP contribution in [0.5, 0.6) is 0 Å². The predicted molar refractivity (Wildman–Crippen MR) is 161 cm³/mol. The molecule has 1 fully saturated rings. The molecule has 1 saturated heterocycles. The number of aliphatic carboxylic acids is 2. The number of carbonyl (C=O) groups is 3. The number of carboxylic acid groups (broad SMARTS) is 3. The first-order valence-electron chi connectivity index (χ1n) is 14.9. The van der Waals surface area contributed by atoms with Gasteiger partial charge >= 0.3 is 46.6 Å². The molecule has 3 unspecified atom stereocenters. The van der Waals surface area contributed by atoms with Gasteiger partial charge in [-0.3, -0.25) is 4.99 Å². The molecule has 0 aliphatic carbocycles. The number of carbonyl (C=O) groups excluding carboxylic acids is 3. The van der Waals surface area contributed by atoms with Crippen molar-refractivity contribution >= 4 is 53.5 Å². The molecule has 5 atom stereocenters. The molecule has 241 valence electrons. The molecule has 12 heteroatoms. The van der Waals surface area contributed by atoms with Gasteiger partial charge in [-0.1, -0.05) is 69.2 Å². The van der Waals surface area contributed by atoms with Crippen LogP contribution >= 0.6 is 0 Å². The Morgan fingerprint density at radius 3 is 2.28 bits per heavy atom. The summed E-state index contributed by atoms with van der Waals surface area (Å²) in [5, 5.41) is 41.5. The number of rotatable bonds is 8. The fourth-order valence-electron chi connectivity index (χ4n) is 6.90. The molecule has 5 rings (SSSR count). The molecule has 0 N–H and O–H groups in total. The molecule has 0 amide bonds. The zero-order valence-electron chi connectivity index (χ0n) is 26.8. The van der Waals surface area contributed by atoms with Crippen molar-refractivity contribution in [3.05, 3.63) is 67.6 Å². The number of hydrogen-bond donors (Lipinski definition) is 0. The fraction of sp³-hybridized carbons (Fsp3) is 0.412. The van der Waals surface area contributed by atoms with E-state index in [0.717, 1.165) is 23.2 Å². The van der Waals surface area contributed by atoms with E-state index in [0.29, 0.717) is 28.0 Å². The minimum atomic E-state index is -1.50. The summed E-state index contributed by atoms with van der Waals surface area (Å²) in [5.41, 5.74) is 4.92. The number of aliphatic imine (C=N–C) groups is 1. The van der Waals surface area contributed by atoms with E-state index in [-0.39, 0.29) is 105 Å². The predicted octanol–water partition coefficient (Wildman–Crippen LogP) is -2.65. The van der Waals surface area contributed by atoms with Crippen molar-refractivity contribution in [1.82, 2.24) is 9.97 Å². The van der Waals surface area contributed by atoms with Crippen LogP contribution in [0.1, 0.15) is 84.9 Å². The van der Waals surface area contributed by atoms with E-state index in [9.17, 15) is 29.7 Å². The van der Waals surface area contributed by atoms with Crippen LogP contribution in [0.15, 0.2) is 23.0 Å². The molecule has 0 spiro atoms. The number of hydrogen-bond acceptors (Lipinski definition) is 7. The number of aromatic carboxylic acids is 1. The van der Waals surface area contributed by atoms with Gasteiger partial charge < -0.3 is 45.0 Å². The van der Waals surface area contributed by atoms with Crippen molar-refractivity contribution in [1.29, 1.82) is 0 Å². The maximum atomic E-state index is 12.5. The van der Waals surface area contributed by atoms with E-state index in [4.69, 9.17) is 20.3 Å².